The second-order valence-corrected chi connectivity index (χ2v) is 5.85. The Hall–Kier alpha value is -2.60. The molecular weight excluding hydrogens is 361 g/mol. The number of carbonyl (C=O) groups excluding carboxylic acids is 2. The third-order valence-electron chi connectivity index (χ3n) is 3.42. The zero-order valence-electron chi connectivity index (χ0n) is 14.3. The predicted octanol–water partition coefficient (Wildman–Crippen LogP) is 3.28. The average molecular weight is 380 g/mol. The predicted molar refractivity (Wildman–Crippen MR) is 95.5 cm³/mol. The van der Waals surface area contributed by atoms with E-state index in [4.69, 9.17) is 21.1 Å². The smallest absolute Gasteiger partial charge is 0.310 e. The van der Waals surface area contributed by atoms with Crippen LogP contribution in [0.15, 0.2) is 42.5 Å². The fourth-order valence-corrected chi connectivity index (χ4v) is 2.34. The normalized spacial score (nSPS) is 10.3. The van der Waals surface area contributed by atoms with Crippen LogP contribution in [-0.2, 0) is 27.3 Å². The SMILES string of the molecule is CCOc1ccc(CC(=O)OCC(=O)NCc2ccc(F)c(Cl)c2)cc1. The van der Waals surface area contributed by atoms with Gasteiger partial charge in [0, 0.05) is 6.54 Å². The number of esters is 1. The molecule has 0 aliphatic heterocycles. The monoisotopic (exact) mass is 379 g/mol. The third-order valence-corrected chi connectivity index (χ3v) is 3.71. The van der Waals surface area contributed by atoms with Gasteiger partial charge in [-0.15, -0.1) is 0 Å². The molecule has 0 saturated carbocycles. The van der Waals surface area contributed by atoms with Gasteiger partial charge in [0.05, 0.1) is 18.1 Å². The Morgan fingerprint density at radius 1 is 1.12 bits per heavy atom. The van der Waals surface area contributed by atoms with E-state index in [2.05, 4.69) is 5.32 Å². The van der Waals surface area contributed by atoms with E-state index in [0.717, 1.165) is 11.3 Å². The highest BCUT2D eigenvalue weighted by atomic mass is 35.5. The Bertz CT molecular complexity index is 765. The zero-order chi connectivity index (χ0) is 18.9. The van der Waals surface area contributed by atoms with Crippen molar-refractivity contribution in [3.63, 3.8) is 0 Å². The van der Waals surface area contributed by atoms with E-state index < -0.39 is 17.7 Å². The number of carbonyl (C=O) groups is 2. The summed E-state index contributed by atoms with van der Waals surface area (Å²) < 4.78 is 23.3. The first kappa shape index (κ1) is 19.7. The lowest BCUT2D eigenvalue weighted by Crippen LogP contribution is -2.28. The molecule has 0 atom stereocenters. The van der Waals surface area contributed by atoms with Gasteiger partial charge in [0.25, 0.3) is 5.91 Å². The van der Waals surface area contributed by atoms with Crippen LogP contribution < -0.4 is 10.1 Å². The van der Waals surface area contributed by atoms with Gasteiger partial charge in [0.2, 0.25) is 0 Å². The van der Waals surface area contributed by atoms with Crippen LogP contribution in [0.4, 0.5) is 4.39 Å². The number of nitrogens with one attached hydrogen (secondary N) is 1. The Morgan fingerprint density at radius 3 is 2.46 bits per heavy atom. The first-order valence-corrected chi connectivity index (χ1v) is 8.43. The number of rotatable bonds is 8. The van der Waals surface area contributed by atoms with Crippen molar-refractivity contribution in [2.24, 2.45) is 0 Å². The highest BCUT2D eigenvalue weighted by Gasteiger charge is 2.09. The number of amides is 1. The van der Waals surface area contributed by atoms with Crippen LogP contribution in [0, 0.1) is 5.82 Å². The van der Waals surface area contributed by atoms with Crippen molar-refractivity contribution in [2.45, 2.75) is 19.9 Å². The molecule has 7 heteroatoms. The lowest BCUT2D eigenvalue weighted by atomic mass is 10.1. The molecule has 0 saturated heterocycles. The molecule has 1 amide bonds. The van der Waals surface area contributed by atoms with E-state index >= 15 is 0 Å². The summed E-state index contributed by atoms with van der Waals surface area (Å²) in [5.41, 5.74) is 1.41. The minimum absolute atomic E-state index is 0.0152. The van der Waals surface area contributed by atoms with Crippen LogP contribution in [0.2, 0.25) is 5.02 Å². The average Bonchev–Trinajstić information content (AvgIpc) is 2.63. The van der Waals surface area contributed by atoms with E-state index in [1.807, 2.05) is 6.92 Å². The first-order chi connectivity index (χ1) is 12.5. The van der Waals surface area contributed by atoms with Crippen LogP contribution in [0.1, 0.15) is 18.1 Å². The lowest BCUT2D eigenvalue weighted by molar-refractivity contribution is -0.147. The van der Waals surface area contributed by atoms with Gasteiger partial charge < -0.3 is 14.8 Å². The summed E-state index contributed by atoms with van der Waals surface area (Å²) in [4.78, 5) is 23.5. The second kappa shape index (κ2) is 9.77. The molecule has 0 fully saturated rings. The standard InChI is InChI=1S/C19H19ClFNO4/c1-2-25-15-6-3-13(4-7-15)10-19(24)26-12-18(23)22-11-14-5-8-17(21)16(20)9-14/h3-9H,2,10-12H2,1H3,(H,22,23). The fourth-order valence-electron chi connectivity index (χ4n) is 2.14. The summed E-state index contributed by atoms with van der Waals surface area (Å²) in [6.45, 7) is 2.24. The molecule has 1 N–H and O–H groups in total. The van der Waals surface area contributed by atoms with Crippen LogP contribution >= 0.6 is 11.6 Å². The van der Waals surface area contributed by atoms with Crippen LogP contribution in [0.25, 0.3) is 0 Å². The molecule has 0 spiro atoms. The number of hydrogen-bond donors (Lipinski definition) is 1. The van der Waals surface area contributed by atoms with Gasteiger partial charge in [-0.05, 0) is 42.3 Å². The Balaban J connectivity index is 1.72. The molecular formula is C19H19ClFNO4. The van der Waals surface area contributed by atoms with Crippen molar-refractivity contribution >= 4 is 23.5 Å². The van der Waals surface area contributed by atoms with Crippen molar-refractivity contribution in [3.05, 3.63) is 64.4 Å². The van der Waals surface area contributed by atoms with Crippen molar-refractivity contribution in [1.82, 2.24) is 5.32 Å². The summed E-state index contributed by atoms with van der Waals surface area (Å²) >= 11 is 5.67. The second-order valence-electron chi connectivity index (χ2n) is 5.44. The maximum Gasteiger partial charge on any atom is 0.310 e. The number of hydrogen-bond acceptors (Lipinski definition) is 4. The molecule has 138 valence electrons. The van der Waals surface area contributed by atoms with E-state index in [-0.39, 0.29) is 24.6 Å². The molecule has 2 rings (SSSR count). The lowest BCUT2D eigenvalue weighted by Gasteiger charge is -2.08. The van der Waals surface area contributed by atoms with Gasteiger partial charge in [-0.2, -0.15) is 0 Å². The van der Waals surface area contributed by atoms with Gasteiger partial charge in [-0.1, -0.05) is 29.8 Å². The van der Waals surface area contributed by atoms with Gasteiger partial charge >= 0.3 is 5.97 Å². The summed E-state index contributed by atoms with van der Waals surface area (Å²) in [6, 6.07) is 11.2. The topological polar surface area (TPSA) is 64.6 Å². The molecule has 0 unspecified atom stereocenters. The van der Waals surface area contributed by atoms with E-state index in [9.17, 15) is 14.0 Å². The maximum atomic E-state index is 13.1. The quantitative estimate of drug-likeness (QED) is 0.715. The van der Waals surface area contributed by atoms with Crippen LogP contribution in [-0.4, -0.2) is 25.1 Å². The molecule has 0 bridgehead atoms. The van der Waals surface area contributed by atoms with Gasteiger partial charge in [-0.3, -0.25) is 9.59 Å². The number of benzene rings is 2. The van der Waals surface area contributed by atoms with E-state index in [1.165, 1.54) is 18.2 Å². The van der Waals surface area contributed by atoms with Gasteiger partial charge in [-0.25, -0.2) is 4.39 Å². The minimum Gasteiger partial charge on any atom is -0.494 e. The van der Waals surface area contributed by atoms with Gasteiger partial charge in [0.15, 0.2) is 6.61 Å². The summed E-state index contributed by atoms with van der Waals surface area (Å²) in [7, 11) is 0. The molecule has 0 aliphatic rings. The van der Waals surface area contributed by atoms with Crippen molar-refractivity contribution in [2.75, 3.05) is 13.2 Å². The summed E-state index contributed by atoms with van der Waals surface area (Å²) in [5.74, 6) is -0.755. The van der Waals surface area contributed by atoms with E-state index in [1.54, 1.807) is 24.3 Å². The van der Waals surface area contributed by atoms with Gasteiger partial charge in [0.1, 0.15) is 11.6 Å². The highest BCUT2D eigenvalue weighted by molar-refractivity contribution is 6.30. The molecule has 0 radical (unpaired) electrons. The highest BCUT2D eigenvalue weighted by Crippen LogP contribution is 2.16. The fraction of sp³-hybridized carbons (Fsp3) is 0.263. The van der Waals surface area contributed by atoms with Crippen molar-refractivity contribution < 1.29 is 23.5 Å². The third kappa shape index (κ3) is 6.37. The van der Waals surface area contributed by atoms with E-state index in [0.29, 0.717) is 12.2 Å². The Labute approximate surface area is 156 Å². The Kier molecular flexibility index (Phi) is 7.41. The van der Waals surface area contributed by atoms with Crippen molar-refractivity contribution in [3.8, 4) is 5.75 Å². The zero-order valence-corrected chi connectivity index (χ0v) is 15.0. The Morgan fingerprint density at radius 2 is 1.81 bits per heavy atom. The molecule has 0 aromatic heterocycles. The summed E-state index contributed by atoms with van der Waals surface area (Å²) in [5, 5.41) is 2.56. The molecule has 2 aromatic carbocycles. The molecule has 0 heterocycles. The van der Waals surface area contributed by atoms with Crippen LogP contribution in [0.5, 0.6) is 5.75 Å². The number of ether oxygens (including phenoxy) is 2. The summed E-state index contributed by atoms with van der Waals surface area (Å²) in [6.07, 6.45) is 0.0628. The molecule has 0 aliphatic carbocycles. The first-order valence-electron chi connectivity index (χ1n) is 8.06. The van der Waals surface area contributed by atoms with Crippen molar-refractivity contribution in [1.29, 1.82) is 0 Å². The molecule has 5 nitrogen and oxygen atoms in total. The minimum atomic E-state index is -0.523. The number of halogens is 2. The van der Waals surface area contributed by atoms with Crippen LogP contribution in [0.3, 0.4) is 0 Å². The largest absolute Gasteiger partial charge is 0.494 e. The molecule has 2 aromatic rings. The maximum absolute atomic E-state index is 13.1. The molecule has 26 heavy (non-hydrogen) atoms.